The fourth-order valence-corrected chi connectivity index (χ4v) is 4.53. The maximum absolute atomic E-state index is 14.4. The molecule has 4 aromatic heterocycles. The normalized spacial score (nSPS) is 22.1. The Kier molecular flexibility index (Phi) is 4.39. The third-order valence-electron chi connectivity index (χ3n) is 5.77. The van der Waals surface area contributed by atoms with Crippen LogP contribution in [0.5, 0.6) is 0 Å². The van der Waals surface area contributed by atoms with Gasteiger partial charge in [-0.15, -0.1) is 0 Å². The predicted molar refractivity (Wildman–Crippen MR) is 113 cm³/mol. The molecule has 0 unspecified atom stereocenters. The number of pyridine rings is 2. The molecule has 5 heterocycles. The fraction of sp³-hybridized carbons (Fsp3) is 0.364. The fourth-order valence-electron chi connectivity index (χ4n) is 4.53. The average molecular weight is 406 g/mol. The quantitative estimate of drug-likeness (QED) is 0.553. The Labute approximate surface area is 172 Å². The van der Waals surface area contributed by atoms with E-state index in [0.717, 1.165) is 18.5 Å². The molecule has 2 atom stereocenters. The van der Waals surface area contributed by atoms with E-state index in [9.17, 15) is 9.18 Å². The van der Waals surface area contributed by atoms with Crippen molar-refractivity contribution in [3.63, 3.8) is 0 Å². The lowest BCUT2D eigenvalue weighted by Gasteiger charge is -2.34. The van der Waals surface area contributed by atoms with Crippen molar-refractivity contribution in [2.75, 3.05) is 0 Å². The molecule has 1 saturated heterocycles. The average Bonchev–Trinajstić information content (AvgIpc) is 3.08. The number of nitrogens with zero attached hydrogens (tertiary/aromatic N) is 5. The molecule has 0 spiro atoms. The second-order valence-electron chi connectivity index (χ2n) is 8.30. The van der Waals surface area contributed by atoms with Crippen LogP contribution < -0.4 is 10.9 Å². The molecule has 0 saturated carbocycles. The van der Waals surface area contributed by atoms with E-state index in [1.54, 1.807) is 27.6 Å². The zero-order valence-corrected chi connectivity index (χ0v) is 17.1. The summed E-state index contributed by atoms with van der Waals surface area (Å²) in [5, 5.41) is 3.98. The zero-order valence-electron chi connectivity index (χ0n) is 17.1. The van der Waals surface area contributed by atoms with Gasteiger partial charge in [0.2, 0.25) is 0 Å². The minimum absolute atomic E-state index is 0.0859. The maximum atomic E-state index is 14.4. The van der Waals surface area contributed by atoms with Crippen LogP contribution in [0.4, 0.5) is 4.39 Å². The third kappa shape index (κ3) is 3.17. The Hall–Kier alpha value is -3.13. The van der Waals surface area contributed by atoms with Gasteiger partial charge in [-0.2, -0.15) is 0 Å². The first kappa shape index (κ1) is 18.9. The second kappa shape index (κ2) is 6.98. The molecule has 7 nitrogen and oxygen atoms in total. The summed E-state index contributed by atoms with van der Waals surface area (Å²) in [6.07, 6.45) is 8.67. The van der Waals surface area contributed by atoms with Crippen LogP contribution in [0.1, 0.15) is 38.4 Å². The molecule has 4 aromatic rings. The van der Waals surface area contributed by atoms with E-state index >= 15 is 0 Å². The molecule has 5 rings (SSSR count). The van der Waals surface area contributed by atoms with E-state index in [0.29, 0.717) is 34.4 Å². The smallest absolute Gasteiger partial charge is 0.261 e. The number of imidazole rings is 1. The van der Waals surface area contributed by atoms with Crippen molar-refractivity contribution in [3.8, 4) is 11.4 Å². The third-order valence-corrected chi connectivity index (χ3v) is 5.77. The Balaban J connectivity index is 1.57. The van der Waals surface area contributed by atoms with Crippen molar-refractivity contribution >= 4 is 16.6 Å². The number of hydrogen-bond donors (Lipinski definition) is 1. The van der Waals surface area contributed by atoms with Crippen LogP contribution in [-0.2, 0) is 0 Å². The molecular weight excluding hydrogens is 383 g/mol. The van der Waals surface area contributed by atoms with Gasteiger partial charge in [0.25, 0.3) is 5.56 Å². The molecule has 1 aliphatic rings. The Morgan fingerprint density at radius 2 is 1.93 bits per heavy atom. The topological polar surface area (TPSA) is 77.1 Å². The summed E-state index contributed by atoms with van der Waals surface area (Å²) in [7, 11) is 0. The largest absolute Gasteiger partial charge is 0.312 e. The van der Waals surface area contributed by atoms with Crippen LogP contribution >= 0.6 is 0 Å². The first-order valence-corrected chi connectivity index (χ1v) is 10.2. The van der Waals surface area contributed by atoms with Crippen LogP contribution in [0.25, 0.3) is 27.9 Å². The number of aromatic nitrogens is 5. The van der Waals surface area contributed by atoms with Crippen molar-refractivity contribution in [3.05, 3.63) is 58.8 Å². The predicted octanol–water partition coefficient (Wildman–Crippen LogP) is 3.26. The first-order chi connectivity index (χ1) is 14.4. The molecule has 30 heavy (non-hydrogen) atoms. The standard InChI is InChI=1S/C22H23FN6O/c1-12-6-16(7-13(2)25-12)29-5-4-19-17(22(29)30)9-24-20(27-19)15-8-18(23)21-26-14(3)10-28(21)11-15/h4-5,8-13,16,25H,6-7H2,1-3H3/t12-,13-/m1/s1. The molecule has 1 N–H and O–H groups in total. The van der Waals surface area contributed by atoms with Crippen LogP contribution in [0.15, 0.2) is 41.7 Å². The van der Waals surface area contributed by atoms with E-state index in [-0.39, 0.29) is 17.2 Å². The van der Waals surface area contributed by atoms with Crippen LogP contribution in [0.3, 0.4) is 0 Å². The first-order valence-electron chi connectivity index (χ1n) is 10.2. The lowest BCUT2D eigenvalue weighted by Crippen LogP contribution is -2.44. The van der Waals surface area contributed by atoms with Crippen molar-refractivity contribution in [1.82, 2.24) is 29.2 Å². The van der Waals surface area contributed by atoms with Crippen molar-refractivity contribution in [1.29, 1.82) is 0 Å². The van der Waals surface area contributed by atoms with E-state index in [1.165, 1.54) is 6.07 Å². The van der Waals surface area contributed by atoms with Crippen LogP contribution in [0.2, 0.25) is 0 Å². The lowest BCUT2D eigenvalue weighted by molar-refractivity contribution is 0.260. The SMILES string of the molecule is Cc1cn2cc(-c3ncc4c(=O)n(C5C[C@@H](C)N[C@H](C)C5)ccc4n3)cc(F)c2n1. The van der Waals surface area contributed by atoms with E-state index in [4.69, 9.17) is 0 Å². The Bertz CT molecular complexity index is 1320. The number of fused-ring (bicyclic) bond motifs is 2. The summed E-state index contributed by atoms with van der Waals surface area (Å²) in [5.41, 5.74) is 2.00. The molecule has 1 aliphatic heterocycles. The number of aryl methyl sites for hydroxylation is 1. The summed E-state index contributed by atoms with van der Waals surface area (Å²) >= 11 is 0. The number of halogens is 1. The van der Waals surface area contributed by atoms with Gasteiger partial charge in [0, 0.05) is 48.5 Å². The maximum Gasteiger partial charge on any atom is 0.261 e. The molecule has 0 amide bonds. The highest BCUT2D eigenvalue weighted by atomic mass is 19.1. The molecule has 0 bridgehead atoms. The van der Waals surface area contributed by atoms with Gasteiger partial charge in [-0.1, -0.05) is 0 Å². The van der Waals surface area contributed by atoms with E-state index in [2.05, 4.69) is 34.1 Å². The monoisotopic (exact) mass is 406 g/mol. The second-order valence-corrected chi connectivity index (χ2v) is 8.30. The summed E-state index contributed by atoms with van der Waals surface area (Å²) in [6.45, 7) is 6.09. The minimum atomic E-state index is -0.436. The molecule has 0 aliphatic carbocycles. The number of nitrogens with one attached hydrogen (secondary N) is 1. The highest BCUT2D eigenvalue weighted by molar-refractivity contribution is 5.78. The summed E-state index contributed by atoms with van der Waals surface area (Å²) in [6, 6.07) is 4.08. The van der Waals surface area contributed by atoms with Crippen molar-refractivity contribution in [2.24, 2.45) is 0 Å². The highest BCUT2D eigenvalue weighted by Gasteiger charge is 2.25. The summed E-state index contributed by atoms with van der Waals surface area (Å²) in [4.78, 5) is 26.2. The number of hydrogen-bond acceptors (Lipinski definition) is 5. The molecule has 1 fully saturated rings. The number of rotatable bonds is 2. The molecular formula is C22H23FN6O. The minimum Gasteiger partial charge on any atom is -0.312 e. The van der Waals surface area contributed by atoms with Gasteiger partial charge < -0.3 is 14.3 Å². The van der Waals surface area contributed by atoms with Gasteiger partial charge in [-0.25, -0.2) is 19.3 Å². The molecule has 0 aromatic carbocycles. The van der Waals surface area contributed by atoms with E-state index < -0.39 is 5.82 Å². The van der Waals surface area contributed by atoms with Gasteiger partial charge in [0.05, 0.1) is 16.6 Å². The highest BCUT2D eigenvalue weighted by Crippen LogP contribution is 2.25. The van der Waals surface area contributed by atoms with Crippen molar-refractivity contribution in [2.45, 2.75) is 51.7 Å². The van der Waals surface area contributed by atoms with Gasteiger partial charge in [0.15, 0.2) is 17.3 Å². The van der Waals surface area contributed by atoms with Gasteiger partial charge >= 0.3 is 0 Å². The Morgan fingerprint density at radius 1 is 1.17 bits per heavy atom. The molecule has 0 radical (unpaired) electrons. The summed E-state index contributed by atoms with van der Waals surface area (Å²) in [5.74, 6) is -0.0650. The zero-order chi connectivity index (χ0) is 21.0. The van der Waals surface area contributed by atoms with Gasteiger partial charge in [0.1, 0.15) is 0 Å². The summed E-state index contributed by atoms with van der Waals surface area (Å²) < 4.78 is 17.9. The lowest BCUT2D eigenvalue weighted by atomic mass is 9.95. The van der Waals surface area contributed by atoms with E-state index in [1.807, 2.05) is 19.2 Å². The van der Waals surface area contributed by atoms with Gasteiger partial charge in [-0.05, 0) is 45.7 Å². The molecule has 8 heteroatoms. The van der Waals surface area contributed by atoms with Crippen molar-refractivity contribution < 1.29 is 4.39 Å². The van der Waals surface area contributed by atoms with Crippen LogP contribution in [0, 0.1) is 12.7 Å². The Morgan fingerprint density at radius 3 is 2.70 bits per heavy atom. The van der Waals surface area contributed by atoms with Crippen LogP contribution in [-0.4, -0.2) is 36.0 Å². The van der Waals surface area contributed by atoms with Gasteiger partial charge in [-0.3, -0.25) is 4.79 Å². The number of piperidine rings is 1. The molecule has 154 valence electrons.